The quantitative estimate of drug-likeness (QED) is 0.743. The van der Waals surface area contributed by atoms with Crippen molar-refractivity contribution in [2.45, 2.75) is 4.90 Å². The van der Waals surface area contributed by atoms with Crippen molar-refractivity contribution in [3.05, 3.63) is 66.5 Å². The minimum absolute atomic E-state index is 0.140. The van der Waals surface area contributed by atoms with E-state index in [-0.39, 0.29) is 5.82 Å². The Labute approximate surface area is 124 Å². The van der Waals surface area contributed by atoms with Crippen molar-refractivity contribution < 1.29 is 17.2 Å². The van der Waals surface area contributed by atoms with E-state index in [4.69, 9.17) is 0 Å². The zero-order valence-electron chi connectivity index (χ0n) is 11.0. The third kappa shape index (κ3) is 2.37. The molecular formula is C14H9F2N3O2S. The molecule has 3 rings (SSSR count). The average Bonchev–Trinajstić information content (AvgIpc) is 2.98. The molecule has 0 fully saturated rings. The molecule has 0 aliphatic carbocycles. The molecule has 0 atom stereocenters. The zero-order chi connectivity index (χ0) is 15.7. The van der Waals surface area contributed by atoms with Gasteiger partial charge in [0, 0.05) is 5.56 Å². The number of rotatable bonds is 3. The fourth-order valence-electron chi connectivity index (χ4n) is 1.91. The number of nitrogens with zero attached hydrogens (tertiary/aromatic N) is 3. The van der Waals surface area contributed by atoms with E-state index in [1.165, 1.54) is 0 Å². The van der Waals surface area contributed by atoms with E-state index in [1.54, 1.807) is 30.3 Å². The summed E-state index contributed by atoms with van der Waals surface area (Å²) in [6.07, 6.45) is 0.906. The Balaban J connectivity index is 2.10. The smallest absolute Gasteiger partial charge is 0.214 e. The number of benzene rings is 2. The number of hydrogen-bond donors (Lipinski definition) is 0. The maximum Gasteiger partial charge on any atom is 0.290 e. The first-order valence-corrected chi connectivity index (χ1v) is 7.61. The molecule has 3 aromatic rings. The molecule has 0 spiro atoms. The van der Waals surface area contributed by atoms with Crippen molar-refractivity contribution in [3.8, 4) is 11.4 Å². The summed E-state index contributed by atoms with van der Waals surface area (Å²) in [5, 5.41) is 3.80. The number of halogens is 2. The van der Waals surface area contributed by atoms with Crippen molar-refractivity contribution >= 4 is 10.0 Å². The van der Waals surface area contributed by atoms with Gasteiger partial charge in [-0.25, -0.2) is 13.8 Å². The molecule has 1 heterocycles. The van der Waals surface area contributed by atoms with Gasteiger partial charge in [-0.05, 0) is 12.1 Å². The third-order valence-electron chi connectivity index (χ3n) is 2.93. The van der Waals surface area contributed by atoms with Crippen LogP contribution in [-0.2, 0) is 10.0 Å². The minimum atomic E-state index is -4.49. The van der Waals surface area contributed by atoms with Crippen LogP contribution in [0.3, 0.4) is 0 Å². The first-order valence-electron chi connectivity index (χ1n) is 6.17. The molecule has 8 heteroatoms. The van der Waals surface area contributed by atoms with Crippen molar-refractivity contribution in [1.29, 1.82) is 0 Å². The van der Waals surface area contributed by atoms with Crippen LogP contribution in [0.4, 0.5) is 8.78 Å². The van der Waals surface area contributed by atoms with Crippen molar-refractivity contribution in [2.24, 2.45) is 0 Å². The molecule has 0 aliphatic rings. The summed E-state index contributed by atoms with van der Waals surface area (Å²) in [6.45, 7) is 0. The van der Waals surface area contributed by atoms with Crippen LogP contribution in [0, 0.1) is 11.6 Å². The molecule has 1 aromatic heterocycles. The van der Waals surface area contributed by atoms with Crippen LogP contribution in [0.15, 0.2) is 59.8 Å². The average molecular weight is 321 g/mol. The van der Waals surface area contributed by atoms with Crippen LogP contribution in [0.5, 0.6) is 0 Å². The standard InChI is InChI=1S/C14H9F2N3O2S/c15-11-7-4-8-12(16)13(11)22(20,21)19-9-17-14(18-19)10-5-2-1-3-6-10/h1-9H. The maximum absolute atomic E-state index is 13.7. The molecular weight excluding hydrogens is 312 g/mol. The fourth-order valence-corrected chi connectivity index (χ4v) is 3.08. The SMILES string of the molecule is O=S(=O)(c1c(F)cccc1F)n1cnc(-c2ccccc2)n1. The van der Waals surface area contributed by atoms with Crippen LogP contribution in [-0.4, -0.2) is 22.6 Å². The van der Waals surface area contributed by atoms with Gasteiger partial charge in [0.05, 0.1) is 0 Å². The van der Waals surface area contributed by atoms with E-state index >= 15 is 0 Å². The van der Waals surface area contributed by atoms with Gasteiger partial charge < -0.3 is 0 Å². The molecule has 0 bridgehead atoms. The molecule has 0 saturated carbocycles. The summed E-state index contributed by atoms with van der Waals surface area (Å²) in [7, 11) is -4.49. The Morgan fingerprint density at radius 2 is 1.55 bits per heavy atom. The molecule has 0 saturated heterocycles. The number of hydrogen-bond acceptors (Lipinski definition) is 4. The monoisotopic (exact) mass is 321 g/mol. The Kier molecular flexibility index (Phi) is 3.45. The molecule has 0 aliphatic heterocycles. The van der Waals surface area contributed by atoms with E-state index in [9.17, 15) is 17.2 Å². The Hall–Kier alpha value is -2.61. The Morgan fingerprint density at radius 1 is 0.909 bits per heavy atom. The lowest BCUT2D eigenvalue weighted by atomic mass is 10.2. The highest BCUT2D eigenvalue weighted by molar-refractivity contribution is 7.89. The van der Waals surface area contributed by atoms with E-state index in [0.29, 0.717) is 9.65 Å². The van der Waals surface area contributed by atoms with Gasteiger partial charge in [0.2, 0.25) is 0 Å². The summed E-state index contributed by atoms with van der Waals surface area (Å²) in [4.78, 5) is 2.81. The van der Waals surface area contributed by atoms with Crippen LogP contribution in [0.2, 0.25) is 0 Å². The summed E-state index contributed by atoms with van der Waals surface area (Å²) < 4.78 is 52.4. The van der Waals surface area contributed by atoms with Gasteiger partial charge >= 0.3 is 0 Å². The molecule has 0 unspecified atom stereocenters. The normalized spacial score (nSPS) is 11.5. The molecule has 2 aromatic carbocycles. The highest BCUT2D eigenvalue weighted by Crippen LogP contribution is 2.21. The first kappa shape index (κ1) is 14.3. The maximum atomic E-state index is 13.7. The third-order valence-corrected chi connectivity index (χ3v) is 4.50. The van der Waals surface area contributed by atoms with Crippen LogP contribution in [0.1, 0.15) is 0 Å². The highest BCUT2D eigenvalue weighted by Gasteiger charge is 2.27. The minimum Gasteiger partial charge on any atom is -0.214 e. The van der Waals surface area contributed by atoms with Gasteiger partial charge in [-0.15, -0.1) is 9.19 Å². The second-order valence-electron chi connectivity index (χ2n) is 4.36. The predicted molar refractivity (Wildman–Crippen MR) is 74.4 cm³/mol. The van der Waals surface area contributed by atoms with E-state index in [2.05, 4.69) is 10.1 Å². The molecule has 0 N–H and O–H groups in total. The second kappa shape index (κ2) is 5.30. The summed E-state index contributed by atoms with van der Waals surface area (Å²) in [5.41, 5.74) is 0.588. The predicted octanol–water partition coefficient (Wildman–Crippen LogP) is 2.46. The Bertz CT molecular complexity index is 904. The van der Waals surface area contributed by atoms with Gasteiger partial charge in [-0.3, -0.25) is 0 Å². The summed E-state index contributed by atoms with van der Waals surface area (Å²) in [6, 6.07) is 11.5. The summed E-state index contributed by atoms with van der Waals surface area (Å²) in [5.74, 6) is -2.23. The molecule has 5 nitrogen and oxygen atoms in total. The van der Waals surface area contributed by atoms with Gasteiger partial charge in [0.15, 0.2) is 10.7 Å². The van der Waals surface area contributed by atoms with Crippen molar-refractivity contribution in [1.82, 2.24) is 14.2 Å². The van der Waals surface area contributed by atoms with Crippen LogP contribution < -0.4 is 0 Å². The zero-order valence-corrected chi connectivity index (χ0v) is 11.8. The van der Waals surface area contributed by atoms with Gasteiger partial charge in [-0.1, -0.05) is 36.4 Å². The lowest BCUT2D eigenvalue weighted by Gasteiger charge is -2.05. The lowest BCUT2D eigenvalue weighted by Crippen LogP contribution is -2.17. The van der Waals surface area contributed by atoms with Gasteiger partial charge in [0.1, 0.15) is 18.0 Å². The topological polar surface area (TPSA) is 64.8 Å². The summed E-state index contributed by atoms with van der Waals surface area (Å²) >= 11 is 0. The van der Waals surface area contributed by atoms with Gasteiger partial charge in [-0.2, -0.15) is 8.42 Å². The van der Waals surface area contributed by atoms with Gasteiger partial charge in [0.25, 0.3) is 10.0 Å². The molecule has 22 heavy (non-hydrogen) atoms. The molecule has 0 amide bonds. The fraction of sp³-hybridized carbons (Fsp3) is 0. The Morgan fingerprint density at radius 3 is 2.18 bits per heavy atom. The number of aromatic nitrogens is 3. The largest absolute Gasteiger partial charge is 0.290 e. The van der Waals surface area contributed by atoms with E-state index in [1.807, 2.05) is 0 Å². The van der Waals surface area contributed by atoms with Crippen molar-refractivity contribution in [2.75, 3.05) is 0 Å². The second-order valence-corrected chi connectivity index (χ2v) is 6.10. The molecule has 0 radical (unpaired) electrons. The van der Waals surface area contributed by atoms with E-state index < -0.39 is 26.6 Å². The van der Waals surface area contributed by atoms with Crippen LogP contribution >= 0.6 is 0 Å². The first-order chi connectivity index (χ1) is 10.5. The lowest BCUT2D eigenvalue weighted by molar-refractivity contribution is 0.513. The van der Waals surface area contributed by atoms with E-state index in [0.717, 1.165) is 24.5 Å². The van der Waals surface area contributed by atoms with Crippen LogP contribution in [0.25, 0.3) is 11.4 Å². The highest BCUT2D eigenvalue weighted by atomic mass is 32.2. The van der Waals surface area contributed by atoms with Crippen molar-refractivity contribution in [3.63, 3.8) is 0 Å². The molecule has 112 valence electrons.